The number of rotatable bonds is 7. The number of ketones is 1. The summed E-state index contributed by atoms with van der Waals surface area (Å²) in [5.41, 5.74) is 0. The Labute approximate surface area is 83.6 Å². The van der Waals surface area contributed by atoms with Crippen LogP contribution in [0.1, 0.15) is 39.5 Å². The molecule has 0 aromatic rings. The van der Waals surface area contributed by atoms with Crippen LogP contribution in [0.15, 0.2) is 0 Å². The number of unbranched alkanes of at least 4 members (excludes halogenated alkanes) is 2. The maximum atomic E-state index is 13.0. The number of Topliss-reactive ketones (excluding diaryl/α,β-unsaturated/α-hetero) is 1. The fourth-order valence-corrected chi connectivity index (χ4v) is 1.02. The first-order valence-electron chi connectivity index (χ1n) is 4.96. The maximum absolute atomic E-state index is 13.0. The second-order valence-electron chi connectivity index (χ2n) is 3.04. The first-order chi connectivity index (χ1) is 6.63. The van der Waals surface area contributed by atoms with Crippen LogP contribution in [0.2, 0.25) is 0 Å². The zero-order valence-corrected chi connectivity index (χ0v) is 8.72. The Morgan fingerprint density at radius 3 is 2.43 bits per heavy atom. The molecular weight excluding hydrogens is 187 g/mol. The summed E-state index contributed by atoms with van der Waals surface area (Å²) in [6.45, 7) is 3.66. The van der Waals surface area contributed by atoms with E-state index in [1.807, 2.05) is 6.92 Å². The fraction of sp³-hybridized carbons (Fsp3) is 0.800. The van der Waals surface area contributed by atoms with Gasteiger partial charge in [0.1, 0.15) is 0 Å². The highest BCUT2D eigenvalue weighted by Gasteiger charge is 2.26. The zero-order chi connectivity index (χ0) is 11.0. The van der Waals surface area contributed by atoms with E-state index in [4.69, 9.17) is 0 Å². The molecule has 0 bridgehead atoms. The third kappa shape index (κ3) is 4.94. The van der Waals surface area contributed by atoms with Crippen LogP contribution in [-0.4, -0.2) is 24.5 Å². The van der Waals surface area contributed by atoms with Gasteiger partial charge in [-0.2, -0.15) is 0 Å². The first kappa shape index (κ1) is 13.1. The van der Waals surface area contributed by atoms with E-state index < -0.39 is 17.9 Å². The van der Waals surface area contributed by atoms with Crippen molar-refractivity contribution in [2.45, 2.75) is 45.7 Å². The number of ether oxygens (including phenoxy) is 1. The third-order valence-corrected chi connectivity index (χ3v) is 1.80. The molecule has 0 spiro atoms. The number of carbonyl (C=O) groups is 2. The van der Waals surface area contributed by atoms with Crippen LogP contribution in [0.25, 0.3) is 0 Å². The summed E-state index contributed by atoms with van der Waals surface area (Å²) in [6.07, 6.45) is 0.500. The summed E-state index contributed by atoms with van der Waals surface area (Å²) in [5, 5.41) is 0. The van der Waals surface area contributed by atoms with Crippen molar-refractivity contribution in [2.75, 3.05) is 6.61 Å². The van der Waals surface area contributed by atoms with Crippen LogP contribution in [-0.2, 0) is 14.3 Å². The van der Waals surface area contributed by atoms with Crippen molar-refractivity contribution in [1.29, 1.82) is 0 Å². The van der Waals surface area contributed by atoms with Crippen molar-refractivity contribution in [2.24, 2.45) is 0 Å². The largest absolute Gasteiger partial charge is 0.463 e. The van der Waals surface area contributed by atoms with E-state index in [1.54, 1.807) is 6.92 Å². The van der Waals surface area contributed by atoms with E-state index >= 15 is 0 Å². The lowest BCUT2D eigenvalue weighted by molar-refractivity contribution is -0.152. The van der Waals surface area contributed by atoms with E-state index in [1.165, 1.54) is 0 Å². The van der Waals surface area contributed by atoms with Gasteiger partial charge in [0.15, 0.2) is 5.78 Å². The highest BCUT2D eigenvalue weighted by molar-refractivity contribution is 6.01. The van der Waals surface area contributed by atoms with Gasteiger partial charge in [-0.1, -0.05) is 19.8 Å². The number of carbonyl (C=O) groups excluding carboxylic acids is 2. The van der Waals surface area contributed by atoms with Crippen LogP contribution in [0.4, 0.5) is 4.39 Å². The predicted octanol–water partition coefficient (Wildman–Crippen LogP) is 2.04. The minimum Gasteiger partial charge on any atom is -0.463 e. The molecule has 0 radical (unpaired) electrons. The lowest BCUT2D eigenvalue weighted by atomic mass is 10.1. The fourth-order valence-electron chi connectivity index (χ4n) is 1.02. The van der Waals surface area contributed by atoms with Crippen LogP contribution in [0.3, 0.4) is 0 Å². The summed E-state index contributed by atoms with van der Waals surface area (Å²) in [6, 6.07) is 0. The number of alkyl halides is 1. The minimum absolute atomic E-state index is 0.0987. The predicted molar refractivity (Wildman–Crippen MR) is 50.7 cm³/mol. The van der Waals surface area contributed by atoms with Gasteiger partial charge in [0.2, 0.25) is 0 Å². The molecule has 0 fully saturated rings. The molecule has 82 valence electrons. The average Bonchev–Trinajstić information content (AvgIpc) is 2.17. The van der Waals surface area contributed by atoms with Gasteiger partial charge in [0.25, 0.3) is 6.17 Å². The summed E-state index contributed by atoms with van der Waals surface area (Å²) >= 11 is 0. The molecule has 0 rings (SSSR count). The minimum atomic E-state index is -2.09. The molecule has 1 unspecified atom stereocenters. The Hall–Kier alpha value is -0.930. The summed E-state index contributed by atoms with van der Waals surface area (Å²) in [7, 11) is 0. The molecule has 0 aromatic carbocycles. The van der Waals surface area contributed by atoms with Gasteiger partial charge in [-0.25, -0.2) is 9.18 Å². The molecule has 0 aromatic heterocycles. The summed E-state index contributed by atoms with van der Waals surface area (Å²) in [4.78, 5) is 21.9. The second kappa shape index (κ2) is 7.47. The quantitative estimate of drug-likeness (QED) is 0.362. The molecule has 0 heterocycles. The molecule has 0 aliphatic rings. The van der Waals surface area contributed by atoms with Crippen molar-refractivity contribution in [3.63, 3.8) is 0 Å². The van der Waals surface area contributed by atoms with Crippen molar-refractivity contribution >= 4 is 11.8 Å². The lowest BCUT2D eigenvalue weighted by Gasteiger charge is -2.05. The van der Waals surface area contributed by atoms with Crippen molar-refractivity contribution < 1.29 is 18.7 Å². The van der Waals surface area contributed by atoms with Gasteiger partial charge in [-0.05, 0) is 13.3 Å². The van der Waals surface area contributed by atoms with Gasteiger partial charge >= 0.3 is 5.97 Å². The summed E-state index contributed by atoms with van der Waals surface area (Å²) < 4.78 is 17.4. The van der Waals surface area contributed by atoms with Gasteiger partial charge in [-0.3, -0.25) is 4.79 Å². The molecule has 0 saturated heterocycles. The lowest BCUT2D eigenvalue weighted by Crippen LogP contribution is -2.27. The topological polar surface area (TPSA) is 43.4 Å². The molecular formula is C10H17FO3. The van der Waals surface area contributed by atoms with E-state index in [-0.39, 0.29) is 13.0 Å². The Morgan fingerprint density at radius 2 is 1.93 bits per heavy atom. The van der Waals surface area contributed by atoms with E-state index in [0.29, 0.717) is 6.42 Å². The first-order valence-corrected chi connectivity index (χ1v) is 4.96. The third-order valence-electron chi connectivity index (χ3n) is 1.80. The van der Waals surface area contributed by atoms with Crippen molar-refractivity contribution in [3.05, 3.63) is 0 Å². The van der Waals surface area contributed by atoms with Gasteiger partial charge in [-0.15, -0.1) is 0 Å². The molecule has 0 aliphatic carbocycles. The van der Waals surface area contributed by atoms with E-state index in [2.05, 4.69) is 4.74 Å². The molecule has 0 N–H and O–H groups in total. The van der Waals surface area contributed by atoms with E-state index in [0.717, 1.165) is 12.8 Å². The molecule has 0 aliphatic heterocycles. The molecule has 14 heavy (non-hydrogen) atoms. The molecule has 3 nitrogen and oxygen atoms in total. The standard InChI is InChI=1S/C10H17FO3/c1-3-5-6-7-8(12)9(11)10(13)14-4-2/h9H,3-7H2,1-2H3. The van der Waals surface area contributed by atoms with Crippen LogP contribution >= 0.6 is 0 Å². The Morgan fingerprint density at radius 1 is 1.29 bits per heavy atom. The molecule has 1 atom stereocenters. The average molecular weight is 204 g/mol. The number of esters is 1. The van der Waals surface area contributed by atoms with Gasteiger partial charge in [0, 0.05) is 6.42 Å². The molecule has 0 amide bonds. The SMILES string of the molecule is CCCCCC(=O)C(F)C(=O)OCC. The van der Waals surface area contributed by atoms with Gasteiger partial charge in [0.05, 0.1) is 6.61 Å². The number of hydrogen-bond acceptors (Lipinski definition) is 3. The highest BCUT2D eigenvalue weighted by atomic mass is 19.1. The highest BCUT2D eigenvalue weighted by Crippen LogP contribution is 2.06. The smallest absolute Gasteiger partial charge is 0.348 e. The maximum Gasteiger partial charge on any atom is 0.348 e. The van der Waals surface area contributed by atoms with Crippen LogP contribution in [0, 0.1) is 0 Å². The van der Waals surface area contributed by atoms with Gasteiger partial charge < -0.3 is 4.74 Å². The Balaban J connectivity index is 3.80. The second-order valence-corrected chi connectivity index (χ2v) is 3.04. The van der Waals surface area contributed by atoms with Crippen molar-refractivity contribution in [3.8, 4) is 0 Å². The van der Waals surface area contributed by atoms with Crippen LogP contribution < -0.4 is 0 Å². The number of hydrogen-bond donors (Lipinski definition) is 0. The number of halogens is 1. The van der Waals surface area contributed by atoms with E-state index in [9.17, 15) is 14.0 Å². The van der Waals surface area contributed by atoms with Crippen LogP contribution in [0.5, 0.6) is 0 Å². The van der Waals surface area contributed by atoms with Crippen molar-refractivity contribution in [1.82, 2.24) is 0 Å². The summed E-state index contributed by atoms with van der Waals surface area (Å²) in [5.74, 6) is -1.73. The molecule has 0 saturated carbocycles. The normalized spacial score (nSPS) is 12.2. The molecule has 4 heteroatoms. The monoisotopic (exact) mass is 204 g/mol. The zero-order valence-electron chi connectivity index (χ0n) is 8.72. The Kier molecular flexibility index (Phi) is 6.98. The Bertz CT molecular complexity index is 192.